The minimum atomic E-state index is -0.330. The molecule has 0 unspecified atom stereocenters. The molecular formula is C11H20N4O2. The van der Waals surface area contributed by atoms with Crippen molar-refractivity contribution in [2.24, 2.45) is 7.05 Å². The first-order valence-electron chi connectivity index (χ1n) is 5.94. The van der Waals surface area contributed by atoms with Crippen LogP contribution in [0.2, 0.25) is 0 Å². The van der Waals surface area contributed by atoms with E-state index in [1.807, 2.05) is 18.9 Å². The highest BCUT2D eigenvalue weighted by molar-refractivity contribution is 5.61. The van der Waals surface area contributed by atoms with Crippen molar-refractivity contribution in [2.75, 3.05) is 18.5 Å². The Morgan fingerprint density at radius 1 is 1.47 bits per heavy atom. The molecule has 17 heavy (non-hydrogen) atoms. The summed E-state index contributed by atoms with van der Waals surface area (Å²) in [6, 6.07) is 0. The molecule has 0 fully saturated rings. The van der Waals surface area contributed by atoms with E-state index in [1.54, 1.807) is 11.7 Å². The molecule has 0 atom stereocenters. The summed E-state index contributed by atoms with van der Waals surface area (Å²) in [5.74, 6) is 0.598. The first-order valence-corrected chi connectivity index (χ1v) is 5.94. The topological polar surface area (TPSA) is 64.2 Å². The number of nitrogens with zero attached hydrogens (tertiary/aromatic N) is 4. The van der Waals surface area contributed by atoms with Gasteiger partial charge in [-0.1, -0.05) is 20.3 Å². The van der Waals surface area contributed by atoms with Crippen LogP contribution in [0.15, 0.2) is 0 Å². The maximum absolute atomic E-state index is 11.1. The third-order valence-corrected chi connectivity index (χ3v) is 2.79. The Hall–Kier alpha value is -1.59. The number of rotatable bonds is 6. The fraction of sp³-hybridized carbons (Fsp3) is 0.727. The van der Waals surface area contributed by atoms with Gasteiger partial charge in [0.1, 0.15) is 5.69 Å². The molecule has 1 aromatic rings. The molecule has 0 bridgehead atoms. The van der Waals surface area contributed by atoms with E-state index in [9.17, 15) is 10.1 Å². The lowest BCUT2D eigenvalue weighted by Gasteiger charge is -2.17. The Morgan fingerprint density at radius 3 is 2.59 bits per heavy atom. The number of aryl methyl sites for hydroxylation is 2. The number of aromatic nitrogens is 2. The Kier molecular flexibility index (Phi) is 4.48. The van der Waals surface area contributed by atoms with E-state index in [1.165, 1.54) is 0 Å². The summed E-state index contributed by atoms with van der Waals surface area (Å²) in [7, 11) is 3.63. The van der Waals surface area contributed by atoms with Crippen LogP contribution in [0, 0.1) is 10.1 Å². The summed E-state index contributed by atoms with van der Waals surface area (Å²) < 4.78 is 1.60. The molecule has 0 aromatic carbocycles. The second kappa shape index (κ2) is 5.65. The molecule has 1 aromatic heterocycles. The van der Waals surface area contributed by atoms with Gasteiger partial charge in [-0.05, 0) is 12.8 Å². The van der Waals surface area contributed by atoms with Crippen LogP contribution in [0.4, 0.5) is 11.5 Å². The van der Waals surface area contributed by atoms with Gasteiger partial charge in [-0.25, -0.2) is 4.68 Å². The standard InChI is InChI=1S/C11H20N4O2/c1-5-7-8-13(3)11-10(15(16)17)9(6-2)12-14(11)4/h5-8H2,1-4H3. The van der Waals surface area contributed by atoms with Gasteiger partial charge in [0, 0.05) is 20.6 Å². The van der Waals surface area contributed by atoms with E-state index in [-0.39, 0.29) is 10.6 Å². The van der Waals surface area contributed by atoms with Crippen molar-refractivity contribution in [1.82, 2.24) is 9.78 Å². The fourth-order valence-corrected chi connectivity index (χ4v) is 1.91. The van der Waals surface area contributed by atoms with Crippen molar-refractivity contribution in [3.05, 3.63) is 15.8 Å². The number of hydrogen-bond donors (Lipinski definition) is 0. The van der Waals surface area contributed by atoms with E-state index in [0.29, 0.717) is 17.9 Å². The van der Waals surface area contributed by atoms with Gasteiger partial charge in [0.25, 0.3) is 0 Å². The van der Waals surface area contributed by atoms with E-state index >= 15 is 0 Å². The number of anilines is 1. The molecule has 0 N–H and O–H groups in total. The minimum absolute atomic E-state index is 0.147. The lowest BCUT2D eigenvalue weighted by atomic mass is 10.2. The number of unbranched alkanes of at least 4 members (excludes halogenated alkanes) is 1. The van der Waals surface area contributed by atoms with Gasteiger partial charge in [-0.15, -0.1) is 0 Å². The minimum Gasteiger partial charge on any atom is -0.354 e. The molecule has 0 aliphatic carbocycles. The first-order chi connectivity index (χ1) is 8.02. The lowest BCUT2D eigenvalue weighted by molar-refractivity contribution is -0.384. The molecule has 0 amide bonds. The zero-order valence-electron chi connectivity index (χ0n) is 10.9. The van der Waals surface area contributed by atoms with Crippen LogP contribution in [-0.2, 0) is 13.5 Å². The molecule has 6 nitrogen and oxygen atoms in total. The molecule has 1 rings (SSSR count). The average molecular weight is 240 g/mol. The van der Waals surface area contributed by atoms with Crippen LogP contribution in [0.3, 0.4) is 0 Å². The Labute approximate surface area is 101 Å². The van der Waals surface area contributed by atoms with Gasteiger partial charge in [0.2, 0.25) is 5.82 Å². The van der Waals surface area contributed by atoms with Crippen LogP contribution in [0.25, 0.3) is 0 Å². The third kappa shape index (κ3) is 2.75. The lowest BCUT2D eigenvalue weighted by Crippen LogP contribution is -2.22. The summed E-state index contributed by atoms with van der Waals surface area (Å²) in [5, 5.41) is 15.3. The SMILES string of the molecule is CCCCN(C)c1c([N+](=O)[O-])c(CC)nn1C. The summed E-state index contributed by atoms with van der Waals surface area (Å²) in [5.41, 5.74) is 0.699. The zero-order valence-corrected chi connectivity index (χ0v) is 10.9. The van der Waals surface area contributed by atoms with E-state index in [2.05, 4.69) is 12.0 Å². The molecule has 0 radical (unpaired) electrons. The maximum Gasteiger partial charge on any atom is 0.334 e. The van der Waals surface area contributed by atoms with Crippen molar-refractivity contribution in [1.29, 1.82) is 0 Å². The molecule has 0 aliphatic heterocycles. The molecule has 6 heteroatoms. The summed E-state index contributed by atoms with van der Waals surface area (Å²) in [6.45, 7) is 4.79. The highest BCUT2D eigenvalue weighted by atomic mass is 16.6. The van der Waals surface area contributed by atoms with E-state index < -0.39 is 0 Å². The van der Waals surface area contributed by atoms with Crippen molar-refractivity contribution in [2.45, 2.75) is 33.1 Å². The van der Waals surface area contributed by atoms with Gasteiger partial charge < -0.3 is 4.90 Å². The van der Waals surface area contributed by atoms with E-state index in [4.69, 9.17) is 0 Å². The highest BCUT2D eigenvalue weighted by Crippen LogP contribution is 2.31. The number of hydrogen-bond acceptors (Lipinski definition) is 4. The van der Waals surface area contributed by atoms with Crippen molar-refractivity contribution in [3.63, 3.8) is 0 Å². The highest BCUT2D eigenvalue weighted by Gasteiger charge is 2.27. The maximum atomic E-state index is 11.1. The van der Waals surface area contributed by atoms with Crippen LogP contribution in [0.5, 0.6) is 0 Å². The summed E-state index contributed by atoms with van der Waals surface area (Å²) in [4.78, 5) is 12.7. The van der Waals surface area contributed by atoms with Gasteiger partial charge in [0.15, 0.2) is 0 Å². The van der Waals surface area contributed by atoms with Gasteiger partial charge >= 0.3 is 5.69 Å². The van der Waals surface area contributed by atoms with Crippen molar-refractivity contribution >= 4 is 11.5 Å². The van der Waals surface area contributed by atoms with Crippen LogP contribution in [0.1, 0.15) is 32.4 Å². The van der Waals surface area contributed by atoms with Gasteiger partial charge in [-0.2, -0.15) is 5.10 Å². The Morgan fingerprint density at radius 2 is 2.12 bits per heavy atom. The predicted octanol–water partition coefficient (Wildman–Crippen LogP) is 2.13. The molecular weight excluding hydrogens is 220 g/mol. The molecule has 0 saturated carbocycles. The Bertz CT molecular complexity index is 400. The quantitative estimate of drug-likeness (QED) is 0.564. The van der Waals surface area contributed by atoms with Crippen LogP contribution >= 0.6 is 0 Å². The van der Waals surface area contributed by atoms with Crippen molar-refractivity contribution < 1.29 is 4.92 Å². The molecule has 0 aliphatic rings. The largest absolute Gasteiger partial charge is 0.354 e. The molecule has 1 heterocycles. The monoisotopic (exact) mass is 240 g/mol. The number of nitro groups is 1. The van der Waals surface area contributed by atoms with Crippen LogP contribution in [-0.4, -0.2) is 28.3 Å². The normalized spacial score (nSPS) is 10.6. The smallest absolute Gasteiger partial charge is 0.334 e. The summed E-state index contributed by atoms with van der Waals surface area (Å²) in [6.07, 6.45) is 2.66. The van der Waals surface area contributed by atoms with Gasteiger partial charge in [0.05, 0.1) is 4.92 Å². The molecule has 0 saturated heterocycles. The zero-order chi connectivity index (χ0) is 13.0. The van der Waals surface area contributed by atoms with Crippen molar-refractivity contribution in [3.8, 4) is 0 Å². The fourth-order valence-electron chi connectivity index (χ4n) is 1.91. The second-order valence-electron chi connectivity index (χ2n) is 4.13. The first kappa shape index (κ1) is 13.5. The molecule has 96 valence electrons. The Balaban J connectivity index is 3.12. The summed E-state index contributed by atoms with van der Waals surface area (Å²) >= 11 is 0. The van der Waals surface area contributed by atoms with E-state index in [0.717, 1.165) is 19.4 Å². The van der Waals surface area contributed by atoms with Gasteiger partial charge in [-0.3, -0.25) is 10.1 Å². The molecule has 0 spiro atoms. The second-order valence-corrected chi connectivity index (χ2v) is 4.13. The predicted molar refractivity (Wildman–Crippen MR) is 67.4 cm³/mol. The van der Waals surface area contributed by atoms with Crippen LogP contribution < -0.4 is 4.90 Å². The average Bonchev–Trinajstić information content (AvgIpc) is 2.63. The third-order valence-electron chi connectivity index (χ3n) is 2.79.